The molecule has 0 bridgehead atoms. The number of oxime groups is 1. The molecule has 0 aliphatic carbocycles. The topological polar surface area (TPSA) is 170 Å². The highest BCUT2D eigenvalue weighted by Crippen LogP contribution is 2.41. The molecule has 0 spiro atoms. The maximum Gasteiger partial charge on any atom is 0.512 e. The number of carbonyl (C=O) groups excluding carboxylic acids is 2. The molecule has 0 aromatic carbocycles. The van der Waals surface area contributed by atoms with E-state index in [-0.39, 0.29) is 22.4 Å². The number of thiazole rings is 1. The van der Waals surface area contributed by atoms with Gasteiger partial charge in [0.05, 0.1) is 6.26 Å². The number of carbonyl (C=O) groups is 3. The van der Waals surface area contributed by atoms with Gasteiger partial charge in [0, 0.05) is 16.7 Å². The lowest BCUT2D eigenvalue weighted by Gasteiger charge is -2.48. The van der Waals surface area contributed by atoms with Crippen molar-refractivity contribution in [3.8, 4) is 0 Å². The van der Waals surface area contributed by atoms with Crippen molar-refractivity contribution in [2.24, 2.45) is 5.16 Å². The number of nitrogens with one attached hydrogen (secondary N) is 1. The van der Waals surface area contributed by atoms with Gasteiger partial charge in [-0.1, -0.05) is 5.16 Å². The summed E-state index contributed by atoms with van der Waals surface area (Å²) >= 11 is 2.46. The predicted octanol–water partition coefficient (Wildman–Crippen LogP) is 1.69. The summed E-state index contributed by atoms with van der Waals surface area (Å²) < 4.78 is 10.1. The smallest absolute Gasteiger partial charge is 0.465 e. The third kappa shape index (κ3) is 4.56. The van der Waals surface area contributed by atoms with E-state index in [0.717, 1.165) is 11.3 Å². The Hall–Kier alpha value is -3.78. The van der Waals surface area contributed by atoms with Crippen molar-refractivity contribution in [3.05, 3.63) is 52.8 Å². The predicted molar refractivity (Wildman–Crippen MR) is 119 cm³/mol. The van der Waals surface area contributed by atoms with E-state index >= 15 is 0 Å². The molecular weight excluding hydrogens is 474 g/mol. The van der Waals surface area contributed by atoms with Gasteiger partial charge < -0.3 is 30.1 Å². The molecule has 2 amide bonds. The lowest BCUT2D eigenvalue weighted by molar-refractivity contribution is -0.148. The van der Waals surface area contributed by atoms with Crippen LogP contribution in [0.25, 0.3) is 6.08 Å². The lowest BCUT2D eigenvalue weighted by atomic mass is 10.1. The number of nitrogens with zero attached hydrogens (tertiary/aromatic N) is 3. The van der Waals surface area contributed by atoms with Crippen LogP contribution in [0.1, 0.15) is 11.5 Å². The van der Waals surface area contributed by atoms with E-state index in [1.807, 2.05) is 0 Å². The molecule has 172 valence electrons. The average molecular weight is 492 g/mol. The van der Waals surface area contributed by atoms with Crippen molar-refractivity contribution in [1.82, 2.24) is 15.2 Å². The Bertz CT molecular complexity index is 1170. The molecule has 4 rings (SSSR count). The van der Waals surface area contributed by atoms with Gasteiger partial charge in [-0.2, -0.15) is 0 Å². The zero-order chi connectivity index (χ0) is 23.5. The van der Waals surface area contributed by atoms with Gasteiger partial charge in [0.25, 0.3) is 11.8 Å². The lowest BCUT2D eigenvalue weighted by Crippen LogP contribution is -2.70. The average Bonchev–Trinajstić information content (AvgIpc) is 3.45. The first-order valence-corrected chi connectivity index (χ1v) is 11.3. The molecule has 0 saturated carbocycles. The largest absolute Gasteiger partial charge is 0.512 e. The molecule has 0 radical (unpaired) electrons. The number of aromatic nitrogens is 1. The van der Waals surface area contributed by atoms with Gasteiger partial charge in [-0.25, -0.2) is 9.78 Å². The number of anilines is 1. The Balaban J connectivity index is 1.53. The number of furan rings is 1. The van der Waals surface area contributed by atoms with Crippen LogP contribution >= 0.6 is 23.1 Å². The van der Waals surface area contributed by atoms with Crippen LogP contribution in [-0.4, -0.2) is 63.0 Å². The van der Waals surface area contributed by atoms with Crippen LogP contribution in [0.2, 0.25) is 0 Å². The van der Waals surface area contributed by atoms with E-state index in [2.05, 4.69) is 15.5 Å². The Kier molecular flexibility index (Phi) is 6.37. The van der Waals surface area contributed by atoms with Gasteiger partial charge in [0.15, 0.2) is 10.8 Å². The fourth-order valence-corrected chi connectivity index (χ4v) is 5.01. The third-order valence-corrected chi connectivity index (χ3v) is 6.55. The van der Waals surface area contributed by atoms with Crippen LogP contribution in [0.4, 0.5) is 9.93 Å². The van der Waals surface area contributed by atoms with Crippen molar-refractivity contribution in [2.75, 3.05) is 18.6 Å². The fraction of sp³-hybridized carbons (Fsp3) is 0.211. The molecule has 2 aliphatic heterocycles. The van der Waals surface area contributed by atoms with Crippen LogP contribution in [0.3, 0.4) is 0 Å². The second-order valence-electron chi connectivity index (χ2n) is 6.60. The highest BCUT2D eigenvalue weighted by molar-refractivity contribution is 8.00. The van der Waals surface area contributed by atoms with E-state index in [1.165, 1.54) is 35.4 Å². The first-order chi connectivity index (χ1) is 15.9. The molecule has 2 aliphatic rings. The number of carboxylic acid groups (broad SMARTS) is 1. The number of fused-ring (bicyclic) bond motifs is 1. The SMILES string of the molecule is CON=C(C(=O)NC1C(=O)N2C(OC(=O)O)=C(C=Cc3ccco3)CS[C@@H]12)c1csc(N)n1. The van der Waals surface area contributed by atoms with Crippen molar-refractivity contribution in [3.63, 3.8) is 0 Å². The van der Waals surface area contributed by atoms with E-state index in [9.17, 15) is 14.4 Å². The molecule has 33 heavy (non-hydrogen) atoms. The molecule has 1 fully saturated rings. The first-order valence-electron chi connectivity index (χ1n) is 9.32. The summed E-state index contributed by atoms with van der Waals surface area (Å²) in [4.78, 5) is 46.8. The maximum atomic E-state index is 12.9. The summed E-state index contributed by atoms with van der Waals surface area (Å²) in [6, 6.07) is 2.51. The number of allylic oxidation sites excluding steroid dienone is 1. The van der Waals surface area contributed by atoms with Crippen LogP contribution in [0.15, 0.2) is 50.9 Å². The molecule has 1 unspecified atom stereocenters. The normalized spacial score (nSPS) is 20.5. The minimum absolute atomic E-state index is 0.109. The molecule has 4 N–H and O–H groups in total. The van der Waals surface area contributed by atoms with E-state index < -0.39 is 29.4 Å². The second-order valence-corrected chi connectivity index (χ2v) is 8.60. The van der Waals surface area contributed by atoms with Gasteiger partial charge in [-0.15, -0.1) is 23.1 Å². The van der Waals surface area contributed by atoms with Crippen LogP contribution in [-0.2, 0) is 19.2 Å². The quantitative estimate of drug-likeness (QED) is 0.224. The summed E-state index contributed by atoms with van der Waals surface area (Å²) in [6.45, 7) is 0. The minimum atomic E-state index is -1.56. The second kappa shape index (κ2) is 9.38. The summed E-state index contributed by atoms with van der Waals surface area (Å²) in [5.74, 6) is -0.439. The Morgan fingerprint density at radius 3 is 2.91 bits per heavy atom. The molecule has 2 aromatic rings. The molecule has 4 heterocycles. The summed E-state index contributed by atoms with van der Waals surface area (Å²) in [6.07, 6.45) is 3.20. The number of nitrogen functional groups attached to an aromatic ring is 1. The van der Waals surface area contributed by atoms with Gasteiger partial charge in [-0.05, 0) is 24.3 Å². The standard InChI is InChI=1S/C19H17N5O7S2/c1-29-23-12(11-8-33-18(20)21-11)14(25)22-13-15(26)24-16(31-19(27)28)9(7-32-17(13)24)4-5-10-3-2-6-30-10/h2-6,8,13,17H,7H2,1H3,(H2,20,21)(H,22,25)(H,27,28)/t13?,17-/m0/s1. The van der Waals surface area contributed by atoms with E-state index in [1.54, 1.807) is 24.3 Å². The number of hydrogen-bond acceptors (Lipinski definition) is 11. The minimum Gasteiger partial charge on any atom is -0.465 e. The van der Waals surface area contributed by atoms with E-state index in [0.29, 0.717) is 17.1 Å². The molecule has 1 saturated heterocycles. The number of ether oxygens (including phenoxy) is 1. The van der Waals surface area contributed by atoms with Crippen molar-refractivity contribution in [2.45, 2.75) is 11.4 Å². The molecular formula is C19H17N5O7S2. The van der Waals surface area contributed by atoms with Crippen LogP contribution in [0, 0.1) is 0 Å². The molecule has 2 atom stereocenters. The number of amides is 2. The van der Waals surface area contributed by atoms with Crippen molar-refractivity contribution in [1.29, 1.82) is 0 Å². The highest BCUT2D eigenvalue weighted by Gasteiger charge is 2.54. The Morgan fingerprint density at radius 2 is 2.27 bits per heavy atom. The zero-order valence-electron chi connectivity index (χ0n) is 17.0. The maximum absolute atomic E-state index is 12.9. The molecule has 2 aromatic heterocycles. The third-order valence-electron chi connectivity index (χ3n) is 4.57. The van der Waals surface area contributed by atoms with E-state index in [4.69, 9.17) is 24.8 Å². The van der Waals surface area contributed by atoms with Gasteiger partial charge in [0.1, 0.15) is 30.0 Å². The monoisotopic (exact) mass is 491 g/mol. The fourth-order valence-electron chi connectivity index (χ4n) is 3.16. The van der Waals surface area contributed by atoms with Gasteiger partial charge in [0.2, 0.25) is 5.88 Å². The van der Waals surface area contributed by atoms with Crippen molar-refractivity contribution < 1.29 is 33.5 Å². The number of hydrogen-bond donors (Lipinski definition) is 3. The van der Waals surface area contributed by atoms with Crippen LogP contribution < -0.4 is 11.1 Å². The highest BCUT2D eigenvalue weighted by atomic mass is 32.2. The number of thioether (sulfide) groups is 1. The molecule has 14 heteroatoms. The summed E-state index contributed by atoms with van der Waals surface area (Å²) in [5.41, 5.74) is 6.17. The van der Waals surface area contributed by atoms with Gasteiger partial charge in [-0.3, -0.25) is 14.5 Å². The molecule has 12 nitrogen and oxygen atoms in total. The summed E-state index contributed by atoms with van der Waals surface area (Å²) in [5, 5.41) is 16.7. The van der Waals surface area contributed by atoms with Gasteiger partial charge >= 0.3 is 6.16 Å². The Morgan fingerprint density at radius 1 is 1.45 bits per heavy atom. The number of nitrogens with two attached hydrogens (primary N) is 1. The summed E-state index contributed by atoms with van der Waals surface area (Å²) in [7, 11) is 1.27. The van der Waals surface area contributed by atoms with Crippen LogP contribution in [0.5, 0.6) is 0 Å². The zero-order valence-corrected chi connectivity index (χ0v) is 18.6. The first kappa shape index (κ1) is 22.4. The number of rotatable bonds is 7. The van der Waals surface area contributed by atoms with Crippen molar-refractivity contribution >= 4 is 58.0 Å². The Labute approximate surface area is 194 Å². The number of β-lactam (4-membered cyclic amide) rings is 1.